The number of rotatable bonds is 2. The maximum Gasteiger partial charge on any atom is 0.435 e. The van der Waals surface area contributed by atoms with Crippen molar-refractivity contribution in [2.45, 2.75) is 6.18 Å². The molecular weight excluding hydrogens is 325 g/mol. The largest absolute Gasteiger partial charge is 0.435 e. The van der Waals surface area contributed by atoms with Gasteiger partial charge in [0.05, 0.1) is 6.54 Å². The molecule has 0 amide bonds. The molecule has 1 aromatic rings. The molecule has 8 heteroatoms. The second-order valence-corrected chi connectivity index (χ2v) is 4.94. The van der Waals surface area contributed by atoms with Gasteiger partial charge in [0.1, 0.15) is 0 Å². The predicted molar refractivity (Wildman–Crippen MR) is 68.4 cm³/mol. The second-order valence-electron chi connectivity index (χ2n) is 4.03. The molecule has 1 aromatic heterocycles. The Morgan fingerprint density at radius 1 is 1.32 bits per heavy atom. The molecule has 102 valence electrons. The first-order chi connectivity index (χ1) is 8.84. The van der Waals surface area contributed by atoms with E-state index < -0.39 is 11.9 Å². The molecule has 2 rings (SSSR count). The number of nitrogens with one attached hydrogen (secondary N) is 1. The van der Waals surface area contributed by atoms with E-state index in [0.29, 0.717) is 6.54 Å². The number of hydrogen-bond donors (Lipinski definition) is 1. The minimum absolute atomic E-state index is 0.273. The lowest BCUT2D eigenvalue weighted by molar-refractivity contribution is -0.141. The highest BCUT2D eigenvalue weighted by Gasteiger charge is 2.32. The van der Waals surface area contributed by atoms with Crippen LogP contribution in [0.25, 0.3) is 0 Å². The van der Waals surface area contributed by atoms with Crippen LogP contribution in [-0.2, 0) is 6.18 Å². The number of halogens is 4. The van der Waals surface area contributed by atoms with E-state index in [2.05, 4.69) is 31.4 Å². The molecular formula is C11H10BrF3N4. The molecule has 0 saturated heterocycles. The minimum Gasteiger partial charge on any atom is -0.374 e. The maximum absolute atomic E-state index is 12.3. The normalized spacial score (nSPS) is 15.9. The molecule has 0 aliphatic carbocycles. The van der Waals surface area contributed by atoms with E-state index in [-0.39, 0.29) is 5.82 Å². The van der Waals surface area contributed by atoms with E-state index in [4.69, 9.17) is 0 Å². The first kappa shape index (κ1) is 13.9. The number of alkyl halides is 3. The number of hydrogen-bond acceptors (Lipinski definition) is 4. The van der Waals surface area contributed by atoms with E-state index in [1.165, 1.54) is 6.07 Å². The summed E-state index contributed by atoms with van der Waals surface area (Å²) in [6.45, 7) is 0.609. The van der Waals surface area contributed by atoms with Crippen LogP contribution in [0.5, 0.6) is 0 Å². The molecule has 0 spiro atoms. The molecule has 1 aliphatic rings. The van der Waals surface area contributed by atoms with Gasteiger partial charge < -0.3 is 10.2 Å². The SMILES string of the molecule is CN1C=C(Br)C=C(Nc2ccc(C(F)(F)F)nn2)C1. The van der Waals surface area contributed by atoms with E-state index in [1.54, 1.807) is 0 Å². The Hall–Kier alpha value is -1.57. The van der Waals surface area contributed by atoms with Crippen molar-refractivity contribution in [3.8, 4) is 0 Å². The third kappa shape index (κ3) is 3.69. The van der Waals surface area contributed by atoms with Crippen LogP contribution < -0.4 is 5.32 Å². The van der Waals surface area contributed by atoms with Gasteiger partial charge >= 0.3 is 6.18 Å². The van der Waals surface area contributed by atoms with Crippen LogP contribution in [0.3, 0.4) is 0 Å². The van der Waals surface area contributed by atoms with Crippen molar-refractivity contribution in [2.75, 3.05) is 18.9 Å². The quantitative estimate of drug-likeness (QED) is 0.902. The van der Waals surface area contributed by atoms with E-state index in [9.17, 15) is 13.2 Å². The molecule has 0 unspecified atom stereocenters. The summed E-state index contributed by atoms with van der Waals surface area (Å²) in [6, 6.07) is 2.15. The number of anilines is 1. The predicted octanol–water partition coefficient (Wildman–Crippen LogP) is 2.97. The van der Waals surface area contributed by atoms with Crippen molar-refractivity contribution in [1.82, 2.24) is 15.1 Å². The van der Waals surface area contributed by atoms with Crippen molar-refractivity contribution in [3.63, 3.8) is 0 Å². The first-order valence-corrected chi connectivity index (χ1v) is 6.10. The smallest absolute Gasteiger partial charge is 0.374 e. The van der Waals surface area contributed by atoms with Crippen molar-refractivity contribution in [2.24, 2.45) is 0 Å². The summed E-state index contributed by atoms with van der Waals surface area (Å²) in [7, 11) is 1.88. The minimum atomic E-state index is -4.47. The van der Waals surface area contributed by atoms with Crippen LogP contribution in [-0.4, -0.2) is 28.7 Å². The molecule has 0 fully saturated rings. The van der Waals surface area contributed by atoms with Crippen LogP contribution in [0.15, 0.2) is 34.6 Å². The lowest BCUT2D eigenvalue weighted by Gasteiger charge is -2.22. The van der Waals surface area contributed by atoms with E-state index in [1.807, 2.05) is 24.2 Å². The lowest BCUT2D eigenvalue weighted by Crippen LogP contribution is -2.22. The van der Waals surface area contributed by atoms with Gasteiger partial charge in [-0.3, -0.25) is 0 Å². The first-order valence-electron chi connectivity index (χ1n) is 5.31. The van der Waals surface area contributed by atoms with Crippen molar-refractivity contribution in [3.05, 3.63) is 40.3 Å². The highest BCUT2D eigenvalue weighted by Crippen LogP contribution is 2.27. The van der Waals surface area contributed by atoms with Crippen molar-refractivity contribution >= 4 is 21.7 Å². The summed E-state index contributed by atoms with van der Waals surface area (Å²) in [4.78, 5) is 1.92. The van der Waals surface area contributed by atoms with E-state index >= 15 is 0 Å². The zero-order valence-electron chi connectivity index (χ0n) is 9.87. The zero-order chi connectivity index (χ0) is 14.0. The highest BCUT2D eigenvalue weighted by atomic mass is 79.9. The van der Waals surface area contributed by atoms with Gasteiger partial charge in [-0.25, -0.2) is 0 Å². The molecule has 0 saturated carbocycles. The molecule has 0 bridgehead atoms. The third-order valence-electron chi connectivity index (χ3n) is 2.32. The topological polar surface area (TPSA) is 41.0 Å². The Kier molecular flexibility index (Phi) is 3.79. The molecule has 0 radical (unpaired) electrons. The van der Waals surface area contributed by atoms with Gasteiger partial charge in [0.15, 0.2) is 11.5 Å². The molecule has 1 N–H and O–H groups in total. The summed E-state index contributed by atoms with van der Waals surface area (Å²) >= 11 is 3.34. The monoisotopic (exact) mass is 334 g/mol. The average Bonchev–Trinajstić information content (AvgIpc) is 2.26. The lowest BCUT2D eigenvalue weighted by atomic mass is 10.3. The van der Waals surface area contributed by atoms with Crippen molar-refractivity contribution < 1.29 is 13.2 Å². The maximum atomic E-state index is 12.3. The fourth-order valence-corrected chi connectivity index (χ4v) is 2.19. The average molecular weight is 335 g/mol. The third-order valence-corrected chi connectivity index (χ3v) is 2.75. The summed E-state index contributed by atoms with van der Waals surface area (Å²) in [6.07, 6.45) is -0.745. The Labute approximate surface area is 116 Å². The van der Waals surface area contributed by atoms with Crippen LogP contribution in [0.2, 0.25) is 0 Å². The Morgan fingerprint density at radius 3 is 2.58 bits per heavy atom. The Bertz CT molecular complexity index is 522. The van der Waals surface area contributed by atoms with Gasteiger partial charge in [0.2, 0.25) is 0 Å². The van der Waals surface area contributed by atoms with Crippen molar-refractivity contribution in [1.29, 1.82) is 0 Å². The Morgan fingerprint density at radius 2 is 2.05 bits per heavy atom. The summed E-state index contributed by atoms with van der Waals surface area (Å²) in [5, 5.41) is 9.59. The number of nitrogens with zero attached hydrogens (tertiary/aromatic N) is 3. The van der Waals surface area contributed by atoms with Crippen LogP contribution in [0.1, 0.15) is 5.69 Å². The summed E-state index contributed by atoms with van der Waals surface area (Å²) in [5.74, 6) is 0.273. The number of allylic oxidation sites excluding steroid dienone is 2. The van der Waals surface area contributed by atoms with E-state index in [0.717, 1.165) is 16.2 Å². The molecule has 4 nitrogen and oxygen atoms in total. The summed E-state index contributed by atoms with van der Waals surface area (Å²) < 4.78 is 37.8. The molecule has 1 aliphatic heterocycles. The molecule has 2 heterocycles. The van der Waals surface area contributed by atoms with Gasteiger partial charge in [0.25, 0.3) is 0 Å². The standard InChI is InChI=1S/C11H10BrF3N4/c1-19-5-7(12)4-8(6-19)16-10-3-2-9(17-18-10)11(13,14)15/h2-5H,6H2,1H3,(H,16,18). The Balaban J connectivity index is 2.11. The van der Waals surface area contributed by atoms with Crippen LogP contribution in [0.4, 0.5) is 19.0 Å². The van der Waals surface area contributed by atoms with Gasteiger partial charge in [0, 0.05) is 23.4 Å². The fraction of sp³-hybridized carbons (Fsp3) is 0.273. The molecule has 0 aromatic carbocycles. The van der Waals surface area contributed by atoms with Crippen LogP contribution in [0, 0.1) is 0 Å². The van der Waals surface area contributed by atoms with Gasteiger partial charge in [-0.2, -0.15) is 13.2 Å². The second kappa shape index (κ2) is 5.20. The van der Waals surface area contributed by atoms with Crippen LogP contribution >= 0.6 is 15.9 Å². The molecule has 19 heavy (non-hydrogen) atoms. The van der Waals surface area contributed by atoms with Gasteiger partial charge in [-0.1, -0.05) is 0 Å². The zero-order valence-corrected chi connectivity index (χ0v) is 11.5. The summed E-state index contributed by atoms with van der Waals surface area (Å²) in [5.41, 5.74) is -0.195. The number of likely N-dealkylation sites (N-methyl/N-ethyl adjacent to an activating group) is 1. The van der Waals surface area contributed by atoms with Gasteiger partial charge in [-0.15, -0.1) is 10.2 Å². The molecule has 0 atom stereocenters. The van der Waals surface area contributed by atoms with Gasteiger partial charge in [-0.05, 0) is 34.1 Å². The number of aromatic nitrogens is 2. The highest BCUT2D eigenvalue weighted by molar-refractivity contribution is 9.11. The fourth-order valence-electron chi connectivity index (χ4n) is 1.56.